The van der Waals surface area contributed by atoms with Crippen molar-refractivity contribution >= 4 is 47.4 Å². The Labute approximate surface area is 396 Å². The average molecular weight is 932 g/mol. The normalized spacial score (nSPS) is 26.6. The van der Waals surface area contributed by atoms with Crippen LogP contribution in [0.4, 0.5) is 0 Å². The summed E-state index contributed by atoms with van der Waals surface area (Å²) >= 11 is 0. The van der Waals surface area contributed by atoms with Gasteiger partial charge in [0.25, 0.3) is 0 Å². The molecule has 68 heavy (non-hydrogen) atoms. The van der Waals surface area contributed by atoms with E-state index in [9.17, 15) is 38.4 Å². The number of imide groups is 1. The lowest BCUT2D eigenvalue weighted by atomic mass is 9.72. The molecule has 2 aromatic carbocycles. The van der Waals surface area contributed by atoms with Gasteiger partial charge >= 0.3 is 5.69 Å². The van der Waals surface area contributed by atoms with Gasteiger partial charge in [-0.15, -0.1) is 0 Å². The van der Waals surface area contributed by atoms with Gasteiger partial charge in [0.1, 0.15) is 24.2 Å². The Morgan fingerprint density at radius 2 is 1.54 bits per heavy atom. The molecule has 0 radical (unpaired) electrons. The van der Waals surface area contributed by atoms with Crippen molar-refractivity contribution in [1.82, 2.24) is 34.9 Å². The summed E-state index contributed by atoms with van der Waals surface area (Å²) in [6, 6.07) is 14.3. The monoisotopic (exact) mass is 931 g/mol. The summed E-state index contributed by atoms with van der Waals surface area (Å²) in [4.78, 5) is 109. The molecule has 4 heterocycles. The van der Waals surface area contributed by atoms with Crippen LogP contribution in [0.2, 0.25) is 0 Å². The number of carbonyl (C=O) groups excluding carboxylic acids is 7. The number of allylic oxidation sites excluding steroid dienone is 1. The first-order valence-electron chi connectivity index (χ1n) is 24.3. The third-order valence-corrected chi connectivity index (χ3v) is 15.2. The number of carbonyl (C=O) groups is 7. The van der Waals surface area contributed by atoms with Crippen LogP contribution < -0.4 is 33.1 Å². The number of hydrogen-bond donors (Lipinski definition) is 5. The maximum absolute atomic E-state index is 14.1. The fraction of sp³-hybridized carbons (Fsp3) is 0.529. The van der Waals surface area contributed by atoms with Gasteiger partial charge in [0, 0.05) is 50.6 Å². The molecular weight excluding hydrogens is 867 g/mol. The lowest BCUT2D eigenvalue weighted by Crippen LogP contribution is -2.60. The van der Waals surface area contributed by atoms with Gasteiger partial charge in [0.15, 0.2) is 0 Å². The maximum atomic E-state index is 14.1. The number of amides is 7. The summed E-state index contributed by atoms with van der Waals surface area (Å²) in [6.07, 6.45) is 11.6. The fourth-order valence-electron chi connectivity index (χ4n) is 11.3. The Balaban J connectivity index is 0.844. The Bertz CT molecular complexity index is 2460. The SMILES string of the molecule is Cn1c2c(n(C3CCC(=O)NC3=O)c1=O)C=CC(C)(CCC1CCC(C(=O)N3CC[C@H]4CC[C@@H](C(=O)N[C@@H](CCC(N)=O)C(=O)NC(c5ccccc5)c5ccccc5)N4C(=O)[C@@H](N)C3)CC1)C2. The van der Waals surface area contributed by atoms with Crippen molar-refractivity contribution in [2.24, 2.45) is 35.8 Å². The molecule has 7 amide bonds. The molecular formula is C51H65N9O8. The second-order valence-corrected chi connectivity index (χ2v) is 19.9. The van der Waals surface area contributed by atoms with Crippen molar-refractivity contribution in [3.8, 4) is 0 Å². The van der Waals surface area contributed by atoms with Crippen molar-refractivity contribution in [3.05, 3.63) is 99.7 Å². The van der Waals surface area contributed by atoms with Crippen LogP contribution >= 0.6 is 0 Å². The second-order valence-electron chi connectivity index (χ2n) is 19.9. The lowest BCUT2D eigenvalue weighted by Gasteiger charge is -2.39. The Hall–Kier alpha value is -6.36. The van der Waals surface area contributed by atoms with Gasteiger partial charge in [0.2, 0.25) is 41.4 Å². The number of aromatic nitrogens is 2. The summed E-state index contributed by atoms with van der Waals surface area (Å²) in [5.74, 6) is -2.52. The predicted molar refractivity (Wildman–Crippen MR) is 253 cm³/mol. The van der Waals surface area contributed by atoms with Crippen LogP contribution in [0, 0.1) is 17.3 Å². The van der Waals surface area contributed by atoms with Crippen molar-refractivity contribution in [1.29, 1.82) is 0 Å². The van der Waals surface area contributed by atoms with E-state index in [2.05, 4.69) is 29.0 Å². The fourth-order valence-corrected chi connectivity index (χ4v) is 11.3. The van der Waals surface area contributed by atoms with E-state index in [4.69, 9.17) is 11.5 Å². The second kappa shape index (κ2) is 20.5. The zero-order chi connectivity index (χ0) is 48.3. The molecule has 0 bridgehead atoms. The van der Waals surface area contributed by atoms with Crippen LogP contribution in [0.25, 0.3) is 6.08 Å². The Morgan fingerprint density at radius 3 is 2.19 bits per heavy atom. The quantitative estimate of drug-likeness (QED) is 0.149. The number of rotatable bonds is 14. The first kappa shape index (κ1) is 48.1. The van der Waals surface area contributed by atoms with Crippen LogP contribution in [-0.4, -0.2) is 97.5 Å². The van der Waals surface area contributed by atoms with Gasteiger partial charge < -0.3 is 31.9 Å². The number of hydrogen-bond acceptors (Lipinski definition) is 9. The van der Waals surface area contributed by atoms with Gasteiger partial charge in [-0.3, -0.25) is 48.0 Å². The molecule has 2 aliphatic carbocycles. The molecule has 3 aromatic rings. The van der Waals surface area contributed by atoms with Crippen LogP contribution in [0.3, 0.4) is 0 Å². The third-order valence-electron chi connectivity index (χ3n) is 15.2. The highest BCUT2D eigenvalue weighted by molar-refractivity contribution is 5.99. The van der Waals surface area contributed by atoms with E-state index in [1.165, 1.54) is 4.57 Å². The molecule has 17 heteroatoms. The summed E-state index contributed by atoms with van der Waals surface area (Å²) in [7, 11) is 1.74. The van der Waals surface area contributed by atoms with Gasteiger partial charge in [-0.25, -0.2) is 4.79 Å². The number of nitrogens with one attached hydrogen (secondary N) is 3. The van der Waals surface area contributed by atoms with E-state index < -0.39 is 59.7 Å². The number of fused-ring (bicyclic) bond motifs is 2. The van der Waals surface area contributed by atoms with Crippen molar-refractivity contribution < 1.29 is 33.6 Å². The van der Waals surface area contributed by atoms with Crippen LogP contribution in [-0.2, 0) is 47.0 Å². The number of primary amides is 1. The zero-order valence-corrected chi connectivity index (χ0v) is 39.1. The smallest absolute Gasteiger partial charge is 0.329 e. The molecule has 3 saturated heterocycles. The minimum Gasteiger partial charge on any atom is -0.370 e. The van der Waals surface area contributed by atoms with E-state index in [1.807, 2.05) is 66.7 Å². The van der Waals surface area contributed by atoms with Crippen LogP contribution in [0.1, 0.15) is 125 Å². The topological polar surface area (TPSA) is 241 Å². The maximum Gasteiger partial charge on any atom is 0.329 e. The van der Waals surface area contributed by atoms with E-state index in [0.29, 0.717) is 44.6 Å². The zero-order valence-electron chi connectivity index (χ0n) is 39.1. The molecule has 4 fully saturated rings. The standard InChI is InChI=1S/C51H65N9O8/c1-51(27-24-38-41(29-51)57(2)50(68)60(38)40-20-22-43(62)55-47(40)65)26-23-31-13-15-34(16-14-31)48(66)58-28-25-35-17-19-39(59(35)49(67)36(52)30-58)46(64)54-37(18-21-42(53)61)45(63)56-44(32-9-5-3-6-10-32)33-11-7-4-8-12-33/h3-12,24,27,31,34-37,39-40,44H,13-23,25-26,28-30,52H2,1-2H3,(H2,53,61)(H,54,64)(H,56,63)(H,55,62,65)/t31?,34?,35-,36+,37+,39+,40?,51?/m1/s1. The summed E-state index contributed by atoms with van der Waals surface area (Å²) < 4.78 is 3.16. The van der Waals surface area contributed by atoms with Gasteiger partial charge in [-0.1, -0.05) is 73.7 Å². The predicted octanol–water partition coefficient (Wildman–Crippen LogP) is 2.90. The molecule has 1 saturated carbocycles. The van der Waals surface area contributed by atoms with Gasteiger partial charge in [-0.05, 0) is 106 Å². The molecule has 6 atom stereocenters. The minimum atomic E-state index is -1.11. The highest BCUT2D eigenvalue weighted by Crippen LogP contribution is 2.41. The molecule has 0 spiro atoms. The first-order chi connectivity index (χ1) is 32.6. The van der Waals surface area contributed by atoms with Crippen molar-refractivity contribution in [3.63, 3.8) is 0 Å². The van der Waals surface area contributed by atoms with E-state index in [1.54, 1.807) is 21.4 Å². The molecule has 362 valence electrons. The molecule has 8 rings (SSSR count). The number of imidazole rings is 1. The number of nitrogens with two attached hydrogens (primary N) is 2. The summed E-state index contributed by atoms with van der Waals surface area (Å²) in [5.41, 5.74) is 14.9. The first-order valence-corrected chi connectivity index (χ1v) is 24.3. The summed E-state index contributed by atoms with van der Waals surface area (Å²) in [5, 5.41) is 8.30. The van der Waals surface area contributed by atoms with Crippen LogP contribution in [0.15, 0.2) is 71.5 Å². The molecule has 5 aliphatic rings. The van der Waals surface area contributed by atoms with Gasteiger partial charge in [-0.2, -0.15) is 0 Å². The molecule has 3 aliphatic heterocycles. The number of benzene rings is 2. The Kier molecular flexibility index (Phi) is 14.5. The van der Waals surface area contributed by atoms with Crippen molar-refractivity contribution in [2.75, 3.05) is 13.1 Å². The van der Waals surface area contributed by atoms with E-state index in [-0.39, 0.29) is 60.7 Å². The van der Waals surface area contributed by atoms with E-state index >= 15 is 0 Å². The number of nitrogens with zero attached hydrogens (tertiary/aromatic N) is 4. The highest BCUT2D eigenvalue weighted by Gasteiger charge is 2.46. The third kappa shape index (κ3) is 10.4. The lowest BCUT2D eigenvalue weighted by molar-refractivity contribution is -0.146. The highest BCUT2D eigenvalue weighted by atomic mass is 16.2. The largest absolute Gasteiger partial charge is 0.370 e. The molecule has 2 unspecified atom stereocenters. The van der Waals surface area contributed by atoms with E-state index in [0.717, 1.165) is 61.0 Å². The van der Waals surface area contributed by atoms with Crippen molar-refractivity contribution in [2.45, 2.75) is 133 Å². The summed E-state index contributed by atoms with van der Waals surface area (Å²) in [6.45, 7) is 2.64. The number of piperidine rings is 1. The molecule has 1 aromatic heterocycles. The molecule has 17 nitrogen and oxygen atoms in total. The Morgan fingerprint density at radius 1 is 0.868 bits per heavy atom. The van der Waals surface area contributed by atoms with Crippen LogP contribution in [0.5, 0.6) is 0 Å². The van der Waals surface area contributed by atoms with Gasteiger partial charge in [0.05, 0.1) is 11.7 Å². The average Bonchev–Trinajstić information content (AvgIpc) is 3.86. The minimum absolute atomic E-state index is 0.0104. The molecule has 7 N–H and O–H groups in total.